The molecule has 7 heteroatoms. The van der Waals surface area contributed by atoms with E-state index in [0.717, 1.165) is 32.0 Å². The Hall–Kier alpha value is -1.14. The Labute approximate surface area is 124 Å². The van der Waals surface area contributed by atoms with Gasteiger partial charge in [-0.05, 0) is 37.3 Å². The first-order valence-corrected chi connectivity index (χ1v) is 7.78. The first-order chi connectivity index (χ1) is 9.74. The van der Waals surface area contributed by atoms with Crippen LogP contribution in [0.15, 0.2) is 0 Å². The molecule has 0 bridgehead atoms. The van der Waals surface area contributed by atoms with Crippen molar-refractivity contribution in [3.63, 3.8) is 0 Å². The van der Waals surface area contributed by atoms with E-state index in [2.05, 4.69) is 37.4 Å². The first kappa shape index (κ1) is 13.8. The monoisotopic (exact) mass is 296 g/mol. The predicted octanol–water partition coefficient (Wildman–Crippen LogP) is 2.00. The molecule has 1 unspecified atom stereocenters. The number of nitrogens with one attached hydrogen (secondary N) is 2. The Morgan fingerprint density at radius 2 is 2.00 bits per heavy atom. The van der Waals surface area contributed by atoms with E-state index < -0.39 is 0 Å². The number of halogens is 1. The van der Waals surface area contributed by atoms with Crippen molar-refractivity contribution >= 4 is 23.5 Å². The zero-order valence-corrected chi connectivity index (χ0v) is 12.5. The van der Waals surface area contributed by atoms with Crippen molar-refractivity contribution in [3.05, 3.63) is 5.28 Å². The maximum absolute atomic E-state index is 5.95. The molecule has 2 heterocycles. The van der Waals surface area contributed by atoms with Crippen molar-refractivity contribution in [2.75, 3.05) is 30.3 Å². The van der Waals surface area contributed by atoms with E-state index in [4.69, 9.17) is 11.6 Å². The van der Waals surface area contributed by atoms with Crippen LogP contribution in [0.4, 0.5) is 11.9 Å². The van der Waals surface area contributed by atoms with Crippen LogP contribution in [-0.2, 0) is 0 Å². The number of nitrogens with zero attached hydrogens (tertiary/aromatic N) is 4. The maximum atomic E-state index is 5.95. The summed E-state index contributed by atoms with van der Waals surface area (Å²) in [4.78, 5) is 15.2. The van der Waals surface area contributed by atoms with Gasteiger partial charge in [-0.15, -0.1) is 0 Å². The van der Waals surface area contributed by atoms with Crippen LogP contribution in [0.3, 0.4) is 0 Å². The molecule has 1 saturated carbocycles. The fraction of sp³-hybridized carbons (Fsp3) is 0.769. The number of hydrogen-bond acceptors (Lipinski definition) is 6. The molecule has 0 aromatic carbocycles. The number of rotatable bonds is 6. The second-order valence-electron chi connectivity index (χ2n) is 5.53. The van der Waals surface area contributed by atoms with Gasteiger partial charge in [0.1, 0.15) is 0 Å². The van der Waals surface area contributed by atoms with Crippen molar-refractivity contribution in [3.8, 4) is 0 Å². The molecule has 2 fully saturated rings. The van der Waals surface area contributed by atoms with Gasteiger partial charge in [0.25, 0.3) is 0 Å². The Balaban J connectivity index is 1.60. The molecule has 20 heavy (non-hydrogen) atoms. The van der Waals surface area contributed by atoms with Crippen LogP contribution in [0.2, 0.25) is 5.28 Å². The highest BCUT2D eigenvalue weighted by Crippen LogP contribution is 2.30. The Morgan fingerprint density at radius 1 is 1.20 bits per heavy atom. The van der Waals surface area contributed by atoms with E-state index in [1.807, 2.05) is 0 Å². The third-order valence-electron chi connectivity index (χ3n) is 3.76. The highest BCUT2D eigenvalue weighted by Gasteiger charge is 2.34. The summed E-state index contributed by atoms with van der Waals surface area (Å²) >= 11 is 5.95. The molecule has 1 aromatic rings. The normalized spacial score (nSPS) is 23.0. The van der Waals surface area contributed by atoms with Gasteiger partial charge < -0.3 is 10.6 Å². The van der Waals surface area contributed by atoms with E-state index in [-0.39, 0.29) is 5.28 Å². The summed E-state index contributed by atoms with van der Waals surface area (Å²) in [5.74, 6) is 1.12. The zero-order chi connectivity index (χ0) is 13.9. The number of likely N-dealkylation sites (tertiary alicyclic amines) is 1. The van der Waals surface area contributed by atoms with Gasteiger partial charge in [0, 0.05) is 31.7 Å². The fourth-order valence-corrected chi connectivity index (χ4v) is 2.75. The van der Waals surface area contributed by atoms with Crippen LogP contribution < -0.4 is 10.6 Å². The second kappa shape index (κ2) is 6.10. The van der Waals surface area contributed by atoms with Gasteiger partial charge in [0.2, 0.25) is 17.2 Å². The molecule has 1 saturated heterocycles. The molecular formula is C13H21ClN6. The standard InChI is InChI=1S/C13H21ClN6/c1-2-6-15-12-17-11(14)18-13(19-12)16-9-5-7-20(8-9)10-3-4-10/h9-10H,2-8H2,1H3,(H2,15,16,17,18,19). The van der Waals surface area contributed by atoms with E-state index in [1.165, 1.54) is 19.4 Å². The van der Waals surface area contributed by atoms with Crippen LogP contribution in [-0.4, -0.2) is 51.6 Å². The molecule has 1 aliphatic heterocycles. The van der Waals surface area contributed by atoms with Crippen molar-refractivity contribution in [2.24, 2.45) is 0 Å². The smallest absolute Gasteiger partial charge is 0.229 e. The summed E-state index contributed by atoms with van der Waals surface area (Å²) in [6.07, 6.45) is 4.87. The minimum atomic E-state index is 0.234. The van der Waals surface area contributed by atoms with E-state index in [0.29, 0.717) is 17.9 Å². The van der Waals surface area contributed by atoms with E-state index in [9.17, 15) is 0 Å². The molecule has 2 aliphatic rings. The van der Waals surface area contributed by atoms with Crippen LogP contribution in [0.25, 0.3) is 0 Å². The Kier molecular flexibility index (Phi) is 4.21. The molecule has 6 nitrogen and oxygen atoms in total. The summed E-state index contributed by atoms with van der Waals surface area (Å²) in [7, 11) is 0. The fourth-order valence-electron chi connectivity index (χ4n) is 2.59. The summed E-state index contributed by atoms with van der Waals surface area (Å²) in [6.45, 7) is 5.17. The van der Waals surface area contributed by atoms with Crippen molar-refractivity contribution < 1.29 is 0 Å². The highest BCUT2D eigenvalue weighted by molar-refractivity contribution is 6.28. The minimum Gasteiger partial charge on any atom is -0.354 e. The molecule has 0 amide bonds. The minimum absolute atomic E-state index is 0.234. The number of anilines is 2. The largest absolute Gasteiger partial charge is 0.354 e. The van der Waals surface area contributed by atoms with Crippen LogP contribution in [0.1, 0.15) is 32.6 Å². The lowest BCUT2D eigenvalue weighted by Crippen LogP contribution is -2.28. The summed E-state index contributed by atoms with van der Waals surface area (Å²) in [6, 6.07) is 1.23. The van der Waals surface area contributed by atoms with Crippen molar-refractivity contribution in [2.45, 2.75) is 44.7 Å². The van der Waals surface area contributed by atoms with Gasteiger partial charge >= 0.3 is 0 Å². The first-order valence-electron chi connectivity index (χ1n) is 7.40. The van der Waals surface area contributed by atoms with Crippen molar-refractivity contribution in [1.82, 2.24) is 19.9 Å². The quantitative estimate of drug-likeness (QED) is 0.837. The lowest BCUT2D eigenvalue weighted by atomic mass is 10.3. The van der Waals surface area contributed by atoms with Gasteiger partial charge in [-0.1, -0.05) is 6.92 Å². The molecule has 110 valence electrons. The highest BCUT2D eigenvalue weighted by atomic mass is 35.5. The number of aromatic nitrogens is 3. The van der Waals surface area contributed by atoms with Crippen molar-refractivity contribution in [1.29, 1.82) is 0 Å². The molecule has 3 rings (SSSR count). The molecule has 0 radical (unpaired) electrons. The molecule has 1 aliphatic carbocycles. The summed E-state index contributed by atoms with van der Waals surface area (Å²) in [5.41, 5.74) is 0. The molecule has 1 aromatic heterocycles. The SMILES string of the molecule is CCCNc1nc(Cl)nc(NC2CCN(C3CC3)C2)n1. The van der Waals surface area contributed by atoms with Gasteiger partial charge in [-0.2, -0.15) is 15.0 Å². The van der Waals surface area contributed by atoms with Gasteiger partial charge in [-0.25, -0.2) is 0 Å². The third-order valence-corrected chi connectivity index (χ3v) is 3.93. The average molecular weight is 297 g/mol. The molecule has 1 atom stereocenters. The third kappa shape index (κ3) is 3.49. The molecular weight excluding hydrogens is 276 g/mol. The zero-order valence-electron chi connectivity index (χ0n) is 11.8. The molecule has 0 spiro atoms. The maximum Gasteiger partial charge on any atom is 0.229 e. The van der Waals surface area contributed by atoms with E-state index in [1.54, 1.807) is 0 Å². The number of hydrogen-bond donors (Lipinski definition) is 2. The molecule has 2 N–H and O–H groups in total. The lowest BCUT2D eigenvalue weighted by Gasteiger charge is -2.16. The van der Waals surface area contributed by atoms with Gasteiger partial charge in [0.05, 0.1) is 0 Å². The van der Waals surface area contributed by atoms with Gasteiger partial charge in [0.15, 0.2) is 0 Å². The van der Waals surface area contributed by atoms with Crippen LogP contribution >= 0.6 is 11.6 Å². The van der Waals surface area contributed by atoms with Crippen LogP contribution in [0, 0.1) is 0 Å². The predicted molar refractivity (Wildman–Crippen MR) is 80.2 cm³/mol. The summed E-state index contributed by atoms with van der Waals surface area (Å²) in [5, 5.41) is 6.76. The summed E-state index contributed by atoms with van der Waals surface area (Å²) < 4.78 is 0. The van der Waals surface area contributed by atoms with E-state index >= 15 is 0 Å². The average Bonchev–Trinajstić information content (AvgIpc) is 3.17. The Bertz CT molecular complexity index is 464. The lowest BCUT2D eigenvalue weighted by molar-refractivity contribution is 0.326. The topological polar surface area (TPSA) is 66.0 Å². The van der Waals surface area contributed by atoms with Crippen LogP contribution in [0.5, 0.6) is 0 Å². The second-order valence-corrected chi connectivity index (χ2v) is 5.87. The van der Waals surface area contributed by atoms with Gasteiger partial charge in [-0.3, -0.25) is 4.90 Å². The Morgan fingerprint density at radius 3 is 2.75 bits per heavy atom.